The van der Waals surface area contributed by atoms with Crippen molar-refractivity contribution in [1.29, 1.82) is 5.26 Å². The molecule has 1 amide bonds. The Labute approximate surface area is 206 Å². The molecule has 3 heterocycles. The van der Waals surface area contributed by atoms with Gasteiger partial charge in [0.2, 0.25) is 5.91 Å². The van der Waals surface area contributed by atoms with E-state index in [4.69, 9.17) is 4.74 Å². The van der Waals surface area contributed by atoms with Gasteiger partial charge in [-0.1, -0.05) is 24.3 Å². The average Bonchev–Trinajstić information content (AvgIpc) is 3.49. The summed E-state index contributed by atoms with van der Waals surface area (Å²) in [4.78, 5) is 13.6. The molecule has 0 aliphatic carbocycles. The molecular weight excluding hydrogens is 458 g/mol. The Morgan fingerprint density at radius 1 is 1.09 bits per heavy atom. The molecule has 0 atom stereocenters. The van der Waals surface area contributed by atoms with Gasteiger partial charge in [0.05, 0.1) is 41.3 Å². The number of amides is 1. The maximum Gasteiger partial charge on any atom is 0.229 e. The molecule has 2 N–H and O–H groups in total. The van der Waals surface area contributed by atoms with Gasteiger partial charge in [0.15, 0.2) is 0 Å². The summed E-state index contributed by atoms with van der Waals surface area (Å²) in [5.41, 5.74) is 4.01. The minimum absolute atomic E-state index is 0.101. The number of ether oxygens (including phenoxy) is 1. The van der Waals surface area contributed by atoms with Crippen molar-refractivity contribution in [2.75, 3.05) is 10.6 Å². The molecule has 172 valence electrons. The topological polar surface area (TPSA) is 91.5 Å². The first-order valence-corrected chi connectivity index (χ1v) is 11.8. The number of carbonyl (C=O) groups is 1. The Bertz CT molecular complexity index is 1520. The van der Waals surface area contributed by atoms with Crippen molar-refractivity contribution in [3.63, 3.8) is 0 Å². The lowest BCUT2D eigenvalue weighted by Gasteiger charge is -2.12. The van der Waals surface area contributed by atoms with Crippen LogP contribution in [0.4, 0.5) is 17.1 Å². The van der Waals surface area contributed by atoms with Gasteiger partial charge < -0.3 is 15.4 Å². The lowest BCUT2D eigenvalue weighted by molar-refractivity contribution is -0.115. The highest BCUT2D eigenvalue weighted by molar-refractivity contribution is 7.10. The molecule has 5 rings (SSSR count). The van der Waals surface area contributed by atoms with Crippen LogP contribution in [0.1, 0.15) is 16.0 Å². The maximum absolute atomic E-state index is 12.6. The molecule has 0 aliphatic heterocycles. The predicted molar refractivity (Wildman–Crippen MR) is 138 cm³/mol. The number of para-hydroxylation sites is 1. The van der Waals surface area contributed by atoms with Crippen molar-refractivity contribution in [2.45, 2.75) is 13.3 Å². The first-order chi connectivity index (χ1) is 17.1. The highest BCUT2D eigenvalue weighted by atomic mass is 32.1. The van der Waals surface area contributed by atoms with Crippen molar-refractivity contribution in [1.82, 2.24) is 9.61 Å². The number of anilines is 3. The second-order valence-corrected chi connectivity index (χ2v) is 8.91. The molecule has 35 heavy (non-hydrogen) atoms. The van der Waals surface area contributed by atoms with Crippen LogP contribution in [0.25, 0.3) is 5.52 Å². The van der Waals surface area contributed by atoms with Gasteiger partial charge in [-0.25, -0.2) is 4.52 Å². The van der Waals surface area contributed by atoms with Crippen LogP contribution < -0.4 is 15.4 Å². The summed E-state index contributed by atoms with van der Waals surface area (Å²) < 4.78 is 7.53. The second kappa shape index (κ2) is 9.71. The van der Waals surface area contributed by atoms with Crippen molar-refractivity contribution >= 4 is 39.8 Å². The van der Waals surface area contributed by atoms with E-state index < -0.39 is 0 Å². The fourth-order valence-corrected chi connectivity index (χ4v) is 4.47. The molecule has 0 bridgehead atoms. The zero-order valence-corrected chi connectivity index (χ0v) is 19.7. The van der Waals surface area contributed by atoms with Gasteiger partial charge >= 0.3 is 0 Å². The molecule has 0 spiro atoms. The van der Waals surface area contributed by atoms with Gasteiger partial charge in [-0.05, 0) is 54.8 Å². The zero-order valence-electron chi connectivity index (χ0n) is 18.9. The third kappa shape index (κ3) is 4.86. The van der Waals surface area contributed by atoms with Crippen molar-refractivity contribution < 1.29 is 9.53 Å². The van der Waals surface area contributed by atoms with E-state index >= 15 is 0 Å². The lowest BCUT2D eigenvalue weighted by atomic mass is 10.1. The van der Waals surface area contributed by atoms with Crippen LogP contribution in [-0.2, 0) is 11.2 Å². The third-order valence-electron chi connectivity index (χ3n) is 5.47. The highest BCUT2D eigenvalue weighted by Crippen LogP contribution is 2.33. The van der Waals surface area contributed by atoms with Crippen molar-refractivity contribution in [2.24, 2.45) is 0 Å². The summed E-state index contributed by atoms with van der Waals surface area (Å²) in [5.74, 6) is 1.36. The number of nitrogens with one attached hydrogen (secondary N) is 2. The largest absolute Gasteiger partial charge is 0.457 e. The van der Waals surface area contributed by atoms with Crippen LogP contribution in [0, 0.1) is 18.3 Å². The fraction of sp³-hybridized carbons (Fsp3) is 0.0741. The number of hydrogen-bond acceptors (Lipinski definition) is 6. The molecule has 7 nitrogen and oxygen atoms in total. The predicted octanol–water partition coefficient (Wildman–Crippen LogP) is 6.29. The molecule has 0 aliphatic rings. The Balaban J connectivity index is 1.41. The first-order valence-electron chi connectivity index (χ1n) is 10.9. The number of carbonyl (C=O) groups excluding carboxylic acids is 1. The molecule has 0 fully saturated rings. The third-order valence-corrected chi connectivity index (χ3v) is 6.35. The van der Waals surface area contributed by atoms with Crippen molar-refractivity contribution in [3.8, 4) is 17.6 Å². The molecule has 5 aromatic rings. The molecule has 0 saturated heterocycles. The van der Waals surface area contributed by atoms with E-state index in [9.17, 15) is 10.1 Å². The van der Waals surface area contributed by atoms with Crippen LogP contribution >= 0.6 is 11.3 Å². The van der Waals surface area contributed by atoms with Gasteiger partial charge in [0, 0.05) is 16.1 Å². The number of benzene rings is 2. The number of nitriles is 1. The number of nitrogens with zero attached hydrogens (tertiary/aromatic N) is 3. The standard InChI is InChI=1S/C27H21N5O2S/c1-18-24(31-25(33)14-23-8-5-13-35-23)17-32-27(18)26(19(15-28)16-29-32)30-20-9-11-22(12-10-20)34-21-6-3-2-4-7-21/h2-13,16-17,30H,14H2,1H3,(H,31,33). The number of aromatic nitrogens is 2. The Kier molecular flexibility index (Phi) is 6.16. The number of hydrogen-bond donors (Lipinski definition) is 2. The summed E-state index contributed by atoms with van der Waals surface area (Å²) in [5, 5.41) is 22.4. The number of fused-ring (bicyclic) bond motifs is 1. The van der Waals surface area contributed by atoms with E-state index in [1.54, 1.807) is 22.0 Å². The van der Waals surface area contributed by atoms with Crippen LogP contribution in [0.3, 0.4) is 0 Å². The van der Waals surface area contributed by atoms with Gasteiger partial charge in [0.1, 0.15) is 17.6 Å². The van der Waals surface area contributed by atoms with Crippen LogP contribution in [0.15, 0.2) is 84.5 Å². The summed E-state index contributed by atoms with van der Waals surface area (Å²) >= 11 is 1.55. The first kappa shape index (κ1) is 22.2. The molecule has 0 saturated carbocycles. The summed E-state index contributed by atoms with van der Waals surface area (Å²) in [6, 6.07) is 23.1. The normalized spacial score (nSPS) is 10.6. The maximum atomic E-state index is 12.6. The Hall–Kier alpha value is -4.61. The number of thiophene rings is 1. The van der Waals surface area contributed by atoms with Crippen molar-refractivity contribution in [3.05, 3.63) is 101 Å². The van der Waals surface area contributed by atoms with E-state index in [1.165, 1.54) is 6.20 Å². The van der Waals surface area contributed by atoms with E-state index in [0.717, 1.165) is 27.4 Å². The van der Waals surface area contributed by atoms with Crippen LogP contribution in [0.2, 0.25) is 0 Å². The zero-order chi connectivity index (χ0) is 24.2. The molecular formula is C27H21N5O2S. The fourth-order valence-electron chi connectivity index (χ4n) is 3.77. The number of rotatable bonds is 7. The Morgan fingerprint density at radius 3 is 2.57 bits per heavy atom. The SMILES string of the molecule is Cc1c(NC(=O)Cc2cccs2)cn2ncc(C#N)c(Nc3ccc(Oc4ccccc4)cc3)c12. The quantitative estimate of drug-likeness (QED) is 0.286. The van der Waals surface area contributed by atoms with Crippen LogP contribution in [-0.4, -0.2) is 15.5 Å². The summed E-state index contributed by atoms with van der Waals surface area (Å²) in [6.45, 7) is 1.90. The minimum atomic E-state index is -0.101. The number of aryl methyl sites for hydroxylation is 1. The van der Waals surface area contributed by atoms with E-state index in [1.807, 2.05) is 79.0 Å². The molecule has 8 heteroatoms. The van der Waals surface area contributed by atoms with Gasteiger partial charge in [-0.2, -0.15) is 10.4 Å². The minimum Gasteiger partial charge on any atom is -0.457 e. The van der Waals surface area contributed by atoms with Gasteiger partial charge in [-0.15, -0.1) is 11.3 Å². The molecule has 0 radical (unpaired) electrons. The second-order valence-electron chi connectivity index (χ2n) is 7.87. The average molecular weight is 480 g/mol. The van der Waals surface area contributed by atoms with Crippen LogP contribution in [0.5, 0.6) is 11.5 Å². The lowest BCUT2D eigenvalue weighted by Crippen LogP contribution is -2.13. The smallest absolute Gasteiger partial charge is 0.229 e. The summed E-state index contributed by atoms with van der Waals surface area (Å²) in [7, 11) is 0. The van der Waals surface area contributed by atoms with E-state index in [0.29, 0.717) is 29.1 Å². The van der Waals surface area contributed by atoms with E-state index in [2.05, 4.69) is 21.8 Å². The van der Waals surface area contributed by atoms with Gasteiger partial charge in [-0.3, -0.25) is 4.79 Å². The summed E-state index contributed by atoms with van der Waals surface area (Å²) in [6.07, 6.45) is 3.59. The highest BCUT2D eigenvalue weighted by Gasteiger charge is 2.17. The molecule has 0 unspecified atom stereocenters. The monoisotopic (exact) mass is 479 g/mol. The molecule has 3 aromatic heterocycles. The van der Waals surface area contributed by atoms with Gasteiger partial charge in [0.25, 0.3) is 0 Å². The van der Waals surface area contributed by atoms with E-state index in [-0.39, 0.29) is 5.91 Å². The Morgan fingerprint density at radius 2 is 1.86 bits per heavy atom. The molecule has 2 aromatic carbocycles.